The molecule has 0 bridgehead atoms. The summed E-state index contributed by atoms with van der Waals surface area (Å²) in [6.07, 6.45) is 2.69. The first-order valence-corrected chi connectivity index (χ1v) is 8.89. The number of carbonyl (C=O) groups is 3. The van der Waals surface area contributed by atoms with E-state index < -0.39 is 11.9 Å². The molecule has 0 radical (unpaired) electrons. The Morgan fingerprint density at radius 1 is 1.30 bits per heavy atom. The van der Waals surface area contributed by atoms with Crippen LogP contribution in [0.4, 0.5) is 0 Å². The van der Waals surface area contributed by atoms with E-state index in [1.807, 2.05) is 0 Å². The van der Waals surface area contributed by atoms with Gasteiger partial charge >= 0.3 is 5.97 Å². The second-order valence-electron chi connectivity index (χ2n) is 6.66. The molecule has 1 fully saturated rings. The Bertz CT molecular complexity index is 694. The quantitative estimate of drug-likeness (QED) is 0.305. The SMILES string of the molecule is CC(CC(=O)c1ccc(C=NN)cc1)C(=O)N1CCC(OCC(=O)O)CC1. The van der Waals surface area contributed by atoms with Gasteiger partial charge in [0, 0.05) is 31.0 Å². The molecule has 0 spiro atoms. The smallest absolute Gasteiger partial charge is 0.329 e. The summed E-state index contributed by atoms with van der Waals surface area (Å²) in [7, 11) is 0. The second kappa shape index (κ2) is 9.82. The zero-order chi connectivity index (χ0) is 19.8. The Morgan fingerprint density at radius 2 is 1.93 bits per heavy atom. The van der Waals surface area contributed by atoms with E-state index in [9.17, 15) is 14.4 Å². The standard InChI is InChI=1S/C19H25N3O5/c1-13(10-17(23)15-4-2-14(3-5-15)11-21-20)19(26)22-8-6-16(7-9-22)27-12-18(24)25/h2-5,11,13,16H,6-10,12,20H2,1H3,(H,24,25). The van der Waals surface area contributed by atoms with Crippen molar-refractivity contribution in [2.45, 2.75) is 32.3 Å². The molecule has 1 aromatic rings. The van der Waals surface area contributed by atoms with Gasteiger partial charge in [0.1, 0.15) is 6.61 Å². The van der Waals surface area contributed by atoms with Crippen molar-refractivity contribution in [1.82, 2.24) is 4.90 Å². The molecule has 1 saturated heterocycles. The summed E-state index contributed by atoms with van der Waals surface area (Å²) < 4.78 is 5.27. The number of nitrogens with zero attached hydrogens (tertiary/aromatic N) is 2. The fourth-order valence-corrected chi connectivity index (χ4v) is 3.07. The predicted octanol–water partition coefficient (Wildman–Crippen LogP) is 1.28. The van der Waals surface area contributed by atoms with Gasteiger partial charge in [-0.05, 0) is 18.4 Å². The van der Waals surface area contributed by atoms with E-state index >= 15 is 0 Å². The highest BCUT2D eigenvalue weighted by Gasteiger charge is 2.28. The van der Waals surface area contributed by atoms with Crippen molar-refractivity contribution in [1.29, 1.82) is 0 Å². The highest BCUT2D eigenvalue weighted by atomic mass is 16.5. The molecule has 1 aliphatic rings. The number of carboxylic acid groups (broad SMARTS) is 1. The minimum Gasteiger partial charge on any atom is -0.480 e. The number of rotatable bonds is 8. The van der Waals surface area contributed by atoms with Crippen molar-refractivity contribution < 1.29 is 24.2 Å². The molecular formula is C19H25N3O5. The minimum atomic E-state index is -0.996. The molecular weight excluding hydrogens is 350 g/mol. The van der Waals surface area contributed by atoms with Crippen LogP contribution >= 0.6 is 0 Å². The number of likely N-dealkylation sites (tertiary alicyclic amines) is 1. The average Bonchev–Trinajstić information content (AvgIpc) is 2.67. The van der Waals surface area contributed by atoms with Crippen LogP contribution in [0.1, 0.15) is 42.1 Å². The number of aliphatic carboxylic acids is 1. The van der Waals surface area contributed by atoms with Crippen molar-refractivity contribution in [2.24, 2.45) is 16.9 Å². The summed E-state index contributed by atoms with van der Waals surface area (Å²) >= 11 is 0. The molecule has 27 heavy (non-hydrogen) atoms. The van der Waals surface area contributed by atoms with Gasteiger partial charge < -0.3 is 20.6 Å². The van der Waals surface area contributed by atoms with Gasteiger partial charge in [-0.3, -0.25) is 9.59 Å². The lowest BCUT2D eigenvalue weighted by molar-refractivity contribution is -0.147. The van der Waals surface area contributed by atoms with Crippen LogP contribution in [0.2, 0.25) is 0 Å². The number of piperidine rings is 1. The fourth-order valence-electron chi connectivity index (χ4n) is 3.07. The van der Waals surface area contributed by atoms with E-state index in [1.54, 1.807) is 36.1 Å². The van der Waals surface area contributed by atoms with E-state index in [-0.39, 0.29) is 30.8 Å². The van der Waals surface area contributed by atoms with E-state index in [0.29, 0.717) is 31.5 Å². The van der Waals surface area contributed by atoms with E-state index in [0.717, 1.165) is 5.56 Å². The molecule has 0 aromatic heterocycles. The molecule has 8 heteroatoms. The van der Waals surface area contributed by atoms with Crippen LogP contribution in [0.5, 0.6) is 0 Å². The third kappa shape index (κ3) is 6.18. The third-order valence-electron chi connectivity index (χ3n) is 4.57. The molecule has 1 amide bonds. The first-order chi connectivity index (χ1) is 12.9. The normalized spacial score (nSPS) is 16.4. The van der Waals surface area contributed by atoms with Crippen LogP contribution in [0.25, 0.3) is 0 Å². The first-order valence-electron chi connectivity index (χ1n) is 8.89. The maximum atomic E-state index is 12.6. The number of carbonyl (C=O) groups excluding carboxylic acids is 2. The lowest BCUT2D eigenvalue weighted by atomic mass is 9.97. The molecule has 146 valence electrons. The van der Waals surface area contributed by atoms with Gasteiger partial charge in [0.25, 0.3) is 0 Å². The monoisotopic (exact) mass is 375 g/mol. The number of carboxylic acids is 1. The van der Waals surface area contributed by atoms with Crippen LogP contribution in [0.15, 0.2) is 29.4 Å². The van der Waals surface area contributed by atoms with Gasteiger partial charge in [-0.2, -0.15) is 5.10 Å². The van der Waals surface area contributed by atoms with Gasteiger partial charge in [0.2, 0.25) is 5.91 Å². The number of nitrogens with two attached hydrogens (primary N) is 1. The predicted molar refractivity (Wildman–Crippen MR) is 99.5 cm³/mol. The fraction of sp³-hybridized carbons (Fsp3) is 0.474. The Hall–Kier alpha value is -2.74. The number of ether oxygens (including phenoxy) is 1. The summed E-state index contributed by atoms with van der Waals surface area (Å²) in [6.45, 7) is 2.45. The topological polar surface area (TPSA) is 122 Å². The molecule has 8 nitrogen and oxygen atoms in total. The summed E-state index contributed by atoms with van der Waals surface area (Å²) in [6, 6.07) is 6.89. The van der Waals surface area contributed by atoms with Crippen molar-refractivity contribution in [3.8, 4) is 0 Å². The largest absolute Gasteiger partial charge is 0.480 e. The number of Topliss-reactive ketones (excluding diaryl/α,β-unsaturated/α-hetero) is 1. The van der Waals surface area contributed by atoms with Crippen LogP contribution < -0.4 is 5.84 Å². The lowest BCUT2D eigenvalue weighted by Crippen LogP contribution is -2.43. The van der Waals surface area contributed by atoms with Crippen molar-refractivity contribution >= 4 is 23.9 Å². The molecule has 1 aromatic carbocycles. The molecule has 2 rings (SSSR count). The third-order valence-corrected chi connectivity index (χ3v) is 4.57. The summed E-state index contributed by atoms with van der Waals surface area (Å²) in [5, 5.41) is 12.1. The second-order valence-corrected chi connectivity index (χ2v) is 6.66. The number of hydrazone groups is 1. The summed E-state index contributed by atoms with van der Waals surface area (Å²) in [5.74, 6) is 3.53. The number of hydrogen-bond donors (Lipinski definition) is 2. The number of hydrogen-bond acceptors (Lipinski definition) is 6. The highest BCUT2D eigenvalue weighted by Crippen LogP contribution is 2.19. The Kier molecular flexibility index (Phi) is 7.48. The zero-order valence-corrected chi connectivity index (χ0v) is 15.3. The number of ketones is 1. The van der Waals surface area contributed by atoms with E-state index in [4.69, 9.17) is 15.7 Å². The van der Waals surface area contributed by atoms with Gasteiger partial charge in [0.05, 0.1) is 12.3 Å². The molecule has 3 N–H and O–H groups in total. The number of amides is 1. The van der Waals surface area contributed by atoms with Crippen molar-refractivity contribution in [3.63, 3.8) is 0 Å². The van der Waals surface area contributed by atoms with E-state index in [1.165, 1.54) is 6.21 Å². The summed E-state index contributed by atoms with van der Waals surface area (Å²) in [5.41, 5.74) is 1.34. The Balaban J connectivity index is 1.83. The van der Waals surface area contributed by atoms with Gasteiger partial charge in [-0.1, -0.05) is 31.2 Å². The van der Waals surface area contributed by atoms with Crippen molar-refractivity contribution in [2.75, 3.05) is 19.7 Å². The number of benzene rings is 1. The van der Waals surface area contributed by atoms with Gasteiger partial charge in [-0.25, -0.2) is 4.79 Å². The molecule has 1 aliphatic heterocycles. The molecule has 1 unspecified atom stereocenters. The van der Waals surface area contributed by atoms with E-state index in [2.05, 4.69) is 5.10 Å². The van der Waals surface area contributed by atoms with Crippen LogP contribution in [-0.2, 0) is 14.3 Å². The molecule has 1 heterocycles. The lowest BCUT2D eigenvalue weighted by Gasteiger charge is -2.33. The maximum Gasteiger partial charge on any atom is 0.329 e. The Morgan fingerprint density at radius 3 is 2.48 bits per heavy atom. The van der Waals surface area contributed by atoms with Crippen LogP contribution in [0.3, 0.4) is 0 Å². The van der Waals surface area contributed by atoms with Crippen LogP contribution in [-0.4, -0.2) is 59.7 Å². The van der Waals surface area contributed by atoms with Gasteiger partial charge in [0.15, 0.2) is 5.78 Å². The first kappa shape index (κ1) is 20.6. The molecule has 0 saturated carbocycles. The van der Waals surface area contributed by atoms with Crippen molar-refractivity contribution in [3.05, 3.63) is 35.4 Å². The zero-order valence-electron chi connectivity index (χ0n) is 15.3. The van der Waals surface area contributed by atoms with Gasteiger partial charge in [-0.15, -0.1) is 0 Å². The molecule has 0 aliphatic carbocycles. The molecule has 1 atom stereocenters. The average molecular weight is 375 g/mol. The minimum absolute atomic E-state index is 0.0630. The maximum absolute atomic E-state index is 12.6. The Labute approximate surface area is 158 Å². The van der Waals surface area contributed by atoms with Crippen LogP contribution in [0, 0.1) is 5.92 Å². The highest BCUT2D eigenvalue weighted by molar-refractivity contribution is 5.99. The summed E-state index contributed by atoms with van der Waals surface area (Å²) in [4.78, 5) is 37.3.